The van der Waals surface area contributed by atoms with Crippen molar-refractivity contribution < 1.29 is 14.6 Å². The first kappa shape index (κ1) is 19.6. The predicted octanol–water partition coefficient (Wildman–Crippen LogP) is 3.32. The average Bonchev–Trinajstić information content (AvgIpc) is 3.32. The Morgan fingerprint density at radius 2 is 1.68 bits per heavy atom. The molecule has 5 rings (SSSR count). The Hall–Kier alpha value is -3.35. The molecule has 1 amide bonds. The Kier molecular flexibility index (Phi) is 5.10. The van der Waals surface area contributed by atoms with Crippen molar-refractivity contribution in [3.8, 4) is 11.5 Å². The lowest BCUT2D eigenvalue weighted by molar-refractivity contribution is -0.129. The van der Waals surface area contributed by atoms with Gasteiger partial charge in [-0.05, 0) is 29.3 Å². The number of hydrogen-bond donors (Lipinski definition) is 3. The lowest BCUT2D eigenvalue weighted by atomic mass is 9.83. The maximum absolute atomic E-state index is 13.0. The number of benzene rings is 3. The van der Waals surface area contributed by atoms with Gasteiger partial charge in [-0.15, -0.1) is 0 Å². The fourth-order valence-electron chi connectivity index (χ4n) is 4.78. The summed E-state index contributed by atoms with van der Waals surface area (Å²) in [4.78, 5) is 14.8. The monoisotopic (exact) mass is 415 g/mol. The van der Waals surface area contributed by atoms with Crippen molar-refractivity contribution >= 4 is 5.91 Å². The first-order valence-corrected chi connectivity index (χ1v) is 10.5. The molecule has 4 unspecified atom stereocenters. The topological polar surface area (TPSA) is 73.8 Å². The molecule has 2 aliphatic rings. The van der Waals surface area contributed by atoms with E-state index >= 15 is 0 Å². The normalized spacial score (nSPS) is 24.9. The third kappa shape index (κ3) is 3.54. The van der Waals surface area contributed by atoms with Crippen molar-refractivity contribution in [3.05, 3.63) is 95.6 Å². The fraction of sp³-hybridized carbons (Fsp3) is 0.240. The minimum absolute atomic E-state index is 0.0380. The van der Waals surface area contributed by atoms with Gasteiger partial charge < -0.3 is 14.7 Å². The van der Waals surface area contributed by atoms with Crippen molar-refractivity contribution in [2.24, 2.45) is 5.92 Å². The van der Waals surface area contributed by atoms with E-state index in [0.29, 0.717) is 6.61 Å². The van der Waals surface area contributed by atoms with Gasteiger partial charge in [-0.2, -0.15) is 0 Å². The minimum atomic E-state index is -0.353. The number of amides is 1. The van der Waals surface area contributed by atoms with E-state index in [1.54, 1.807) is 17.0 Å². The van der Waals surface area contributed by atoms with Gasteiger partial charge in [0, 0.05) is 18.5 Å². The summed E-state index contributed by atoms with van der Waals surface area (Å²) in [5, 5.41) is 10.4. The number of phenolic OH excluding ortho intramolecular Hbond substituents is 1. The summed E-state index contributed by atoms with van der Waals surface area (Å²) < 4.78 is 6.02. The van der Waals surface area contributed by atoms with E-state index < -0.39 is 0 Å². The molecule has 3 aromatic carbocycles. The largest absolute Gasteiger partial charge is 0.508 e. The van der Waals surface area contributed by atoms with Crippen LogP contribution in [0.25, 0.3) is 0 Å². The first-order chi connectivity index (χ1) is 15.1. The molecule has 6 heteroatoms. The van der Waals surface area contributed by atoms with Crippen molar-refractivity contribution in [2.75, 3.05) is 7.05 Å². The van der Waals surface area contributed by atoms with Crippen LogP contribution in [0.1, 0.15) is 28.8 Å². The number of aromatic hydroxyl groups is 1. The molecule has 31 heavy (non-hydrogen) atoms. The molecule has 158 valence electrons. The quantitative estimate of drug-likeness (QED) is 0.596. The number of likely N-dealkylation sites (tertiary alicyclic amines) is 1. The molecule has 0 bridgehead atoms. The number of hydrazine groups is 1. The average molecular weight is 415 g/mol. The second-order valence-corrected chi connectivity index (χ2v) is 8.12. The summed E-state index contributed by atoms with van der Waals surface area (Å²) in [5.41, 5.74) is 9.29. The van der Waals surface area contributed by atoms with Crippen LogP contribution in [0.5, 0.6) is 11.5 Å². The van der Waals surface area contributed by atoms with E-state index in [2.05, 4.69) is 10.9 Å². The van der Waals surface area contributed by atoms with Gasteiger partial charge in [-0.25, -0.2) is 10.9 Å². The summed E-state index contributed by atoms with van der Waals surface area (Å²) in [7, 11) is 1.84. The Morgan fingerprint density at radius 3 is 2.48 bits per heavy atom. The van der Waals surface area contributed by atoms with E-state index in [-0.39, 0.29) is 35.7 Å². The Labute approximate surface area is 181 Å². The van der Waals surface area contributed by atoms with Crippen molar-refractivity contribution in [1.82, 2.24) is 15.8 Å². The highest BCUT2D eigenvalue weighted by Crippen LogP contribution is 2.48. The number of likely N-dealkylation sites (N-methyl/N-ethyl adjacent to an activating group) is 1. The summed E-state index contributed by atoms with van der Waals surface area (Å²) in [6.07, 6.45) is 0. The van der Waals surface area contributed by atoms with E-state index in [9.17, 15) is 9.90 Å². The number of nitrogens with zero attached hydrogens (tertiary/aromatic N) is 1. The molecule has 0 aliphatic carbocycles. The molecular weight excluding hydrogens is 390 g/mol. The summed E-state index contributed by atoms with van der Waals surface area (Å²) in [6.45, 7) is 0.486. The molecular formula is C25H25N3O3. The van der Waals surface area contributed by atoms with Crippen LogP contribution in [-0.2, 0) is 11.4 Å². The number of carbonyl (C=O) groups excluding carboxylic acids is 1. The summed E-state index contributed by atoms with van der Waals surface area (Å²) in [5.74, 6) is 0.957. The predicted molar refractivity (Wildman–Crippen MR) is 117 cm³/mol. The molecule has 0 saturated carbocycles. The van der Waals surface area contributed by atoms with Gasteiger partial charge in [-0.1, -0.05) is 60.7 Å². The number of fused-ring (bicyclic) bond motifs is 1. The van der Waals surface area contributed by atoms with Gasteiger partial charge in [0.15, 0.2) is 0 Å². The number of phenols is 1. The van der Waals surface area contributed by atoms with Crippen LogP contribution in [0, 0.1) is 5.92 Å². The lowest BCUT2D eigenvalue weighted by Gasteiger charge is -2.29. The number of rotatable bonds is 5. The molecule has 2 heterocycles. The zero-order valence-corrected chi connectivity index (χ0v) is 17.2. The van der Waals surface area contributed by atoms with Gasteiger partial charge in [0.25, 0.3) is 0 Å². The highest BCUT2D eigenvalue weighted by Gasteiger charge is 2.54. The zero-order chi connectivity index (χ0) is 21.4. The van der Waals surface area contributed by atoms with Crippen LogP contribution >= 0.6 is 0 Å². The van der Waals surface area contributed by atoms with Gasteiger partial charge in [0.05, 0.1) is 12.1 Å². The van der Waals surface area contributed by atoms with Crippen LogP contribution in [-0.4, -0.2) is 29.0 Å². The Bertz CT molecular complexity index is 1090. The first-order valence-electron chi connectivity index (χ1n) is 10.5. The molecule has 0 spiro atoms. The molecule has 3 aromatic rings. The van der Waals surface area contributed by atoms with Gasteiger partial charge in [0.2, 0.25) is 5.91 Å². The summed E-state index contributed by atoms with van der Waals surface area (Å²) >= 11 is 0. The third-order valence-corrected chi connectivity index (χ3v) is 6.28. The second-order valence-electron chi connectivity index (χ2n) is 8.12. The second kappa shape index (κ2) is 8.06. The zero-order valence-electron chi connectivity index (χ0n) is 17.2. The smallest absolute Gasteiger partial charge is 0.241 e. The van der Waals surface area contributed by atoms with E-state index in [4.69, 9.17) is 4.74 Å². The highest BCUT2D eigenvalue weighted by molar-refractivity contribution is 5.86. The molecule has 0 radical (unpaired) electrons. The van der Waals surface area contributed by atoms with E-state index in [1.807, 2.05) is 73.8 Å². The minimum Gasteiger partial charge on any atom is -0.508 e. The van der Waals surface area contributed by atoms with Crippen LogP contribution in [0.2, 0.25) is 0 Å². The number of para-hydroxylation sites is 1. The van der Waals surface area contributed by atoms with Gasteiger partial charge >= 0.3 is 0 Å². The maximum Gasteiger partial charge on any atom is 0.241 e. The van der Waals surface area contributed by atoms with Gasteiger partial charge in [0.1, 0.15) is 24.1 Å². The fourth-order valence-corrected chi connectivity index (χ4v) is 4.78. The molecule has 2 aliphatic heterocycles. The molecule has 3 N–H and O–H groups in total. The van der Waals surface area contributed by atoms with Crippen molar-refractivity contribution in [1.29, 1.82) is 0 Å². The van der Waals surface area contributed by atoms with Gasteiger partial charge in [-0.3, -0.25) is 4.79 Å². The number of nitrogens with one attached hydrogen (secondary N) is 2. The van der Waals surface area contributed by atoms with Crippen LogP contribution in [0.15, 0.2) is 78.9 Å². The lowest BCUT2D eigenvalue weighted by Crippen LogP contribution is -2.39. The maximum atomic E-state index is 13.0. The molecule has 4 atom stereocenters. The Balaban J connectivity index is 1.44. The van der Waals surface area contributed by atoms with Crippen LogP contribution < -0.4 is 15.6 Å². The summed E-state index contributed by atoms with van der Waals surface area (Å²) in [6, 6.07) is 24.6. The molecule has 2 saturated heterocycles. The van der Waals surface area contributed by atoms with E-state index in [1.165, 1.54) is 0 Å². The molecule has 0 aromatic heterocycles. The number of hydrogen-bond acceptors (Lipinski definition) is 5. The van der Waals surface area contributed by atoms with E-state index in [0.717, 1.165) is 22.4 Å². The molecule has 2 fully saturated rings. The third-order valence-electron chi connectivity index (χ3n) is 6.28. The SMILES string of the molecule is CN1C(=O)C2NNC(c3ccccc3O)C2C1c1cccc(OCc2ccccc2)c1. The standard InChI is InChI=1S/C25H25N3O3/c1-28-24(17-10-7-11-18(14-17)31-15-16-8-3-2-4-9-16)21-22(26-27-23(21)25(28)30)19-12-5-6-13-20(19)29/h2-14,21-24,26-27,29H,15H2,1H3. The van der Waals surface area contributed by atoms with Crippen LogP contribution in [0.4, 0.5) is 0 Å². The number of ether oxygens (including phenoxy) is 1. The van der Waals surface area contributed by atoms with Crippen molar-refractivity contribution in [3.63, 3.8) is 0 Å². The van der Waals surface area contributed by atoms with Crippen molar-refractivity contribution in [2.45, 2.75) is 24.7 Å². The van der Waals surface area contributed by atoms with Crippen LogP contribution in [0.3, 0.4) is 0 Å². The highest BCUT2D eigenvalue weighted by atomic mass is 16.5. The molecule has 6 nitrogen and oxygen atoms in total. The number of carbonyl (C=O) groups is 1. The Morgan fingerprint density at radius 1 is 0.935 bits per heavy atom.